The van der Waals surface area contributed by atoms with E-state index < -0.39 is 0 Å². The number of benzene rings is 1. The van der Waals surface area contributed by atoms with Crippen molar-refractivity contribution >= 4 is 17.7 Å². The number of nitrogens with zero attached hydrogens (tertiary/aromatic N) is 2. The minimum absolute atomic E-state index is 0.302. The van der Waals surface area contributed by atoms with Crippen molar-refractivity contribution in [1.29, 1.82) is 0 Å². The molecule has 0 bridgehead atoms. The van der Waals surface area contributed by atoms with Gasteiger partial charge in [-0.25, -0.2) is 0 Å². The van der Waals surface area contributed by atoms with E-state index in [4.69, 9.17) is 0 Å². The number of piperazine rings is 1. The summed E-state index contributed by atoms with van der Waals surface area (Å²) in [5.41, 5.74) is 2.67. The highest BCUT2D eigenvalue weighted by atomic mass is 32.1. The maximum atomic E-state index is 10.8. The van der Waals surface area contributed by atoms with Gasteiger partial charge in [0.15, 0.2) is 0 Å². The minimum Gasteiger partial charge on any atom is -0.343 e. The molecular weight excluding hydrogens is 268 g/mol. The average Bonchev–Trinajstić information content (AvgIpc) is 3.03. The monoisotopic (exact) mass is 286 g/mol. The molecular formula is C16H18N2OS. The Kier molecular flexibility index (Phi) is 4.14. The van der Waals surface area contributed by atoms with Crippen LogP contribution in [-0.4, -0.2) is 42.4 Å². The summed E-state index contributed by atoms with van der Waals surface area (Å²) in [6, 6.07) is 13.1. The van der Waals surface area contributed by atoms with Crippen molar-refractivity contribution in [2.24, 2.45) is 0 Å². The van der Waals surface area contributed by atoms with E-state index in [1.165, 1.54) is 11.1 Å². The predicted molar refractivity (Wildman–Crippen MR) is 81.8 cm³/mol. The number of hydrogen-bond acceptors (Lipinski definition) is 3. The van der Waals surface area contributed by atoms with Crippen LogP contribution >= 0.6 is 11.3 Å². The predicted octanol–water partition coefficient (Wildman–Crippen LogP) is 2.61. The Bertz CT molecular complexity index is 533. The third-order valence-electron chi connectivity index (χ3n) is 3.84. The molecule has 1 aromatic heterocycles. The number of carbonyl (C=O) groups is 1. The van der Waals surface area contributed by atoms with E-state index in [1.54, 1.807) is 11.3 Å². The molecule has 3 nitrogen and oxygen atoms in total. The molecule has 0 aliphatic carbocycles. The van der Waals surface area contributed by atoms with Crippen LogP contribution < -0.4 is 0 Å². The third-order valence-corrected chi connectivity index (χ3v) is 4.54. The molecule has 104 valence electrons. The lowest BCUT2D eigenvalue weighted by Gasteiger charge is -2.38. The lowest BCUT2D eigenvalue weighted by Crippen LogP contribution is -2.47. The van der Waals surface area contributed by atoms with E-state index in [-0.39, 0.29) is 0 Å². The molecule has 0 saturated carbocycles. The zero-order valence-corrected chi connectivity index (χ0v) is 12.1. The summed E-state index contributed by atoms with van der Waals surface area (Å²) in [4.78, 5) is 15.2. The van der Waals surface area contributed by atoms with Gasteiger partial charge in [0.1, 0.15) is 0 Å². The van der Waals surface area contributed by atoms with Crippen molar-refractivity contribution in [3.8, 4) is 0 Å². The van der Waals surface area contributed by atoms with Crippen molar-refractivity contribution in [1.82, 2.24) is 9.80 Å². The molecule has 1 aliphatic rings. The minimum atomic E-state index is 0.302. The van der Waals surface area contributed by atoms with E-state index >= 15 is 0 Å². The molecule has 0 radical (unpaired) electrons. The lowest BCUT2D eigenvalue weighted by atomic mass is 9.99. The van der Waals surface area contributed by atoms with Crippen molar-refractivity contribution in [3.63, 3.8) is 0 Å². The van der Waals surface area contributed by atoms with Crippen LogP contribution in [0.2, 0.25) is 0 Å². The molecule has 2 aromatic rings. The zero-order chi connectivity index (χ0) is 13.8. The highest BCUT2D eigenvalue weighted by Crippen LogP contribution is 2.30. The second kappa shape index (κ2) is 6.20. The number of carbonyl (C=O) groups excluding carboxylic acids is 1. The molecule has 20 heavy (non-hydrogen) atoms. The van der Waals surface area contributed by atoms with E-state index in [9.17, 15) is 4.79 Å². The first kappa shape index (κ1) is 13.3. The van der Waals surface area contributed by atoms with E-state index in [1.807, 2.05) is 4.90 Å². The normalized spacial score (nSPS) is 17.9. The van der Waals surface area contributed by atoms with Gasteiger partial charge >= 0.3 is 0 Å². The summed E-state index contributed by atoms with van der Waals surface area (Å²) >= 11 is 1.74. The maximum absolute atomic E-state index is 10.8. The van der Waals surface area contributed by atoms with Gasteiger partial charge in [-0.15, -0.1) is 0 Å². The van der Waals surface area contributed by atoms with E-state index in [2.05, 4.69) is 52.1 Å². The first-order valence-corrected chi connectivity index (χ1v) is 7.83. The fourth-order valence-electron chi connectivity index (χ4n) is 2.78. The van der Waals surface area contributed by atoms with Crippen LogP contribution in [0.4, 0.5) is 0 Å². The molecule has 1 atom stereocenters. The van der Waals surface area contributed by atoms with Gasteiger partial charge in [-0.05, 0) is 28.0 Å². The smallest absolute Gasteiger partial charge is 0.209 e. The summed E-state index contributed by atoms with van der Waals surface area (Å²) in [6.07, 6.45) is 0.958. The topological polar surface area (TPSA) is 23.6 Å². The summed E-state index contributed by atoms with van der Waals surface area (Å²) < 4.78 is 0. The van der Waals surface area contributed by atoms with Crippen LogP contribution in [0, 0.1) is 0 Å². The van der Waals surface area contributed by atoms with Gasteiger partial charge in [0.25, 0.3) is 0 Å². The standard InChI is InChI=1S/C16H18N2OS/c19-13-17-7-9-18(10-8-17)16(15-6-11-20-12-15)14-4-2-1-3-5-14/h1-6,11-13,16H,7-10H2. The number of thiophene rings is 1. The number of rotatable bonds is 4. The summed E-state index contributed by atoms with van der Waals surface area (Å²) in [6.45, 7) is 3.48. The molecule has 0 N–H and O–H groups in total. The highest BCUT2D eigenvalue weighted by Gasteiger charge is 2.25. The van der Waals surface area contributed by atoms with E-state index in [0.717, 1.165) is 32.6 Å². The van der Waals surface area contributed by atoms with Crippen LogP contribution in [0.25, 0.3) is 0 Å². The largest absolute Gasteiger partial charge is 0.343 e. The van der Waals surface area contributed by atoms with Crippen LogP contribution in [-0.2, 0) is 4.79 Å². The maximum Gasteiger partial charge on any atom is 0.209 e. The van der Waals surface area contributed by atoms with Crippen LogP contribution in [0.1, 0.15) is 17.2 Å². The first-order chi connectivity index (χ1) is 9.88. The summed E-state index contributed by atoms with van der Waals surface area (Å²) in [7, 11) is 0. The van der Waals surface area contributed by atoms with Gasteiger partial charge in [-0.2, -0.15) is 11.3 Å². The molecule has 2 heterocycles. The molecule has 0 spiro atoms. The quantitative estimate of drug-likeness (QED) is 0.807. The third kappa shape index (κ3) is 2.76. The van der Waals surface area contributed by atoms with E-state index in [0.29, 0.717) is 6.04 Å². The van der Waals surface area contributed by atoms with Gasteiger partial charge in [-0.3, -0.25) is 9.69 Å². The fraction of sp³-hybridized carbons (Fsp3) is 0.312. The van der Waals surface area contributed by atoms with Crippen molar-refractivity contribution < 1.29 is 4.79 Å². The second-order valence-electron chi connectivity index (χ2n) is 5.05. The molecule has 1 aromatic carbocycles. The molecule has 1 unspecified atom stereocenters. The van der Waals surface area contributed by atoms with Gasteiger partial charge < -0.3 is 4.90 Å². The Morgan fingerprint density at radius 2 is 1.75 bits per heavy atom. The molecule has 1 amide bonds. The molecule has 3 rings (SSSR count). The molecule has 1 aliphatic heterocycles. The van der Waals surface area contributed by atoms with Crippen molar-refractivity contribution in [3.05, 3.63) is 58.3 Å². The number of amides is 1. The average molecular weight is 286 g/mol. The first-order valence-electron chi connectivity index (χ1n) is 6.89. The van der Waals surface area contributed by atoms with Gasteiger partial charge in [0.2, 0.25) is 6.41 Å². The Balaban J connectivity index is 1.86. The zero-order valence-electron chi connectivity index (χ0n) is 11.3. The van der Waals surface area contributed by atoms with Crippen molar-refractivity contribution in [2.75, 3.05) is 26.2 Å². The van der Waals surface area contributed by atoms with Crippen LogP contribution in [0.15, 0.2) is 47.2 Å². The lowest BCUT2D eigenvalue weighted by molar-refractivity contribution is -0.119. The molecule has 1 saturated heterocycles. The molecule has 4 heteroatoms. The SMILES string of the molecule is O=CN1CCN(C(c2ccccc2)c2ccsc2)CC1. The Labute approximate surface area is 123 Å². The van der Waals surface area contributed by atoms with Crippen molar-refractivity contribution in [2.45, 2.75) is 6.04 Å². The Hall–Kier alpha value is -1.65. The van der Waals surface area contributed by atoms with Gasteiger partial charge in [0.05, 0.1) is 6.04 Å². The Morgan fingerprint density at radius 1 is 1.00 bits per heavy atom. The highest BCUT2D eigenvalue weighted by molar-refractivity contribution is 7.08. The fourth-order valence-corrected chi connectivity index (χ4v) is 3.46. The van der Waals surface area contributed by atoms with Crippen LogP contribution in [0.5, 0.6) is 0 Å². The summed E-state index contributed by atoms with van der Waals surface area (Å²) in [5, 5.41) is 4.36. The van der Waals surface area contributed by atoms with Gasteiger partial charge in [-0.1, -0.05) is 30.3 Å². The second-order valence-corrected chi connectivity index (χ2v) is 5.83. The summed E-state index contributed by atoms with van der Waals surface area (Å²) in [5.74, 6) is 0. The number of hydrogen-bond donors (Lipinski definition) is 0. The van der Waals surface area contributed by atoms with Crippen LogP contribution in [0.3, 0.4) is 0 Å². The van der Waals surface area contributed by atoms with Gasteiger partial charge in [0, 0.05) is 26.2 Å². The molecule has 1 fully saturated rings. The Morgan fingerprint density at radius 3 is 2.35 bits per heavy atom.